The summed E-state index contributed by atoms with van der Waals surface area (Å²) in [6.07, 6.45) is 1.95. The summed E-state index contributed by atoms with van der Waals surface area (Å²) in [4.78, 5) is 0. The van der Waals surface area contributed by atoms with Crippen LogP contribution in [-0.4, -0.2) is 18.7 Å². The fraction of sp³-hybridized carbons (Fsp3) is 0. The van der Waals surface area contributed by atoms with Gasteiger partial charge in [-0.1, -0.05) is 0 Å². The topological polar surface area (TPSA) is 12.9 Å². The van der Waals surface area contributed by atoms with Gasteiger partial charge in [-0.15, -0.1) is 12.4 Å². The average Bonchev–Trinajstić information content (AvgIpc) is 2.33. The summed E-state index contributed by atoms with van der Waals surface area (Å²) >= 11 is 0.372. The van der Waals surface area contributed by atoms with Crippen molar-refractivity contribution in [2.45, 2.75) is 0 Å². The van der Waals surface area contributed by atoms with Crippen LogP contribution in [-0.2, 0) is 0 Å². The number of benzene rings is 1. The van der Waals surface area contributed by atoms with Crippen LogP contribution in [0.25, 0.3) is 9.65 Å². The van der Waals surface area contributed by atoms with Gasteiger partial charge in [-0.25, -0.2) is 0 Å². The number of halogens is 1. The third kappa shape index (κ3) is 1.24. The number of hydrogen-bond acceptors (Lipinski definition) is 1. The van der Waals surface area contributed by atoms with Gasteiger partial charge in [0.05, 0.1) is 0 Å². The number of fused-ring (bicyclic) bond motifs is 1. The fourth-order valence-corrected chi connectivity index (χ4v) is 2.16. The number of hydrogen-bond donors (Lipinski definition) is 0. The summed E-state index contributed by atoms with van der Waals surface area (Å²) in [5.74, 6) is 0. The molecule has 0 saturated heterocycles. The molecule has 0 spiro atoms. The third-order valence-corrected chi connectivity index (χ3v) is 2.90. The van der Waals surface area contributed by atoms with Crippen molar-refractivity contribution in [3.05, 3.63) is 30.5 Å². The molecular weight excluding hydrogens is 212 g/mol. The summed E-state index contributed by atoms with van der Waals surface area (Å²) in [7, 11) is 0. The van der Waals surface area contributed by atoms with E-state index >= 15 is 0 Å². The van der Waals surface area contributed by atoms with Crippen LogP contribution in [0.15, 0.2) is 30.5 Å². The fourth-order valence-electron chi connectivity index (χ4n) is 0.810. The van der Waals surface area contributed by atoms with E-state index in [0.717, 1.165) is 0 Å². The van der Waals surface area contributed by atoms with Gasteiger partial charge >= 0.3 is 58.8 Å². The van der Waals surface area contributed by atoms with Crippen LogP contribution in [0.5, 0.6) is 0 Å². The van der Waals surface area contributed by atoms with E-state index in [9.17, 15) is 0 Å². The molecule has 2 rings (SSSR count). The zero-order valence-corrected chi connectivity index (χ0v) is 7.68. The molecule has 0 fully saturated rings. The molecule has 0 radical (unpaired) electrons. The first-order chi connectivity index (χ1) is 4.47. The van der Waals surface area contributed by atoms with Crippen LogP contribution >= 0.6 is 12.4 Å². The maximum atomic E-state index is 4.19. The third-order valence-electron chi connectivity index (χ3n) is 1.26. The minimum atomic E-state index is 0. The molecule has 52 valence electrons. The first-order valence-electron chi connectivity index (χ1n) is 2.76. The number of aromatic nitrogens is 1. The Bertz CT molecular complexity index is 288. The average molecular weight is 219 g/mol. The Morgan fingerprint density at radius 3 is 2.80 bits per heavy atom. The number of rotatable bonds is 0. The van der Waals surface area contributed by atoms with E-state index in [-0.39, 0.29) is 12.4 Å². The normalized spacial score (nSPS) is 9.20. The molecule has 1 aromatic heterocycles. The van der Waals surface area contributed by atoms with Crippen molar-refractivity contribution in [1.29, 1.82) is 0 Å². The second-order valence-corrected chi connectivity index (χ2v) is 3.61. The van der Waals surface area contributed by atoms with Gasteiger partial charge in [0, 0.05) is 0 Å². The van der Waals surface area contributed by atoms with Gasteiger partial charge in [0.1, 0.15) is 0 Å². The molecule has 0 aliphatic rings. The van der Waals surface area contributed by atoms with Gasteiger partial charge in [0.2, 0.25) is 0 Å². The molecule has 0 aliphatic carbocycles. The van der Waals surface area contributed by atoms with Gasteiger partial charge in [-0.05, 0) is 0 Å². The Morgan fingerprint density at radius 2 is 2.00 bits per heavy atom. The molecule has 0 bridgehead atoms. The van der Waals surface area contributed by atoms with E-state index in [1.165, 1.54) is 9.65 Å². The molecule has 2 aromatic rings. The summed E-state index contributed by atoms with van der Waals surface area (Å²) in [5, 5.41) is 1.30. The van der Waals surface area contributed by atoms with Gasteiger partial charge in [0.15, 0.2) is 0 Å². The van der Waals surface area contributed by atoms with Gasteiger partial charge in [-0.3, -0.25) is 0 Å². The summed E-state index contributed by atoms with van der Waals surface area (Å²) in [6, 6.07) is 8.36. The van der Waals surface area contributed by atoms with Crippen molar-refractivity contribution in [3.63, 3.8) is 0 Å². The van der Waals surface area contributed by atoms with Crippen molar-refractivity contribution < 1.29 is 0 Å². The zero-order valence-electron chi connectivity index (χ0n) is 5.15. The Labute approximate surface area is 71.5 Å². The Hall–Kier alpha value is -0.301. The maximum absolute atomic E-state index is 4.19. The molecule has 1 nitrogen and oxygen atoms in total. The molecule has 0 amide bonds. The van der Waals surface area contributed by atoms with E-state index in [1.54, 1.807) is 0 Å². The molecule has 1 heterocycles. The quantitative estimate of drug-likeness (QED) is 0.614. The monoisotopic (exact) mass is 219 g/mol. The van der Waals surface area contributed by atoms with Gasteiger partial charge < -0.3 is 0 Å². The minimum absolute atomic E-state index is 0. The number of nitrogens with zero attached hydrogens (tertiary/aromatic N) is 1. The molecule has 1 aromatic carbocycles. The van der Waals surface area contributed by atoms with Crippen molar-refractivity contribution in [2.24, 2.45) is 0 Å². The second-order valence-electron chi connectivity index (χ2n) is 1.86. The Morgan fingerprint density at radius 1 is 1.20 bits per heavy atom. The molecule has 10 heavy (non-hydrogen) atoms. The van der Waals surface area contributed by atoms with E-state index < -0.39 is 0 Å². The predicted molar refractivity (Wildman–Crippen MR) is 45.9 cm³/mol. The van der Waals surface area contributed by atoms with E-state index in [1.807, 2.05) is 12.3 Å². The molecule has 0 saturated carbocycles. The van der Waals surface area contributed by atoms with Crippen LogP contribution < -0.4 is 0 Å². The van der Waals surface area contributed by atoms with E-state index in [0.29, 0.717) is 14.7 Å². The van der Waals surface area contributed by atoms with Crippen LogP contribution in [0, 0.1) is 0 Å². The van der Waals surface area contributed by atoms with Crippen molar-refractivity contribution in [3.8, 4) is 0 Å². The molecule has 0 N–H and O–H groups in total. The second kappa shape index (κ2) is 3.20. The Kier molecular flexibility index (Phi) is 2.50. The van der Waals surface area contributed by atoms with Crippen molar-refractivity contribution in [2.75, 3.05) is 0 Å². The van der Waals surface area contributed by atoms with Crippen LogP contribution in [0.4, 0.5) is 0 Å². The van der Waals surface area contributed by atoms with Gasteiger partial charge in [-0.2, -0.15) is 0 Å². The van der Waals surface area contributed by atoms with Crippen molar-refractivity contribution >= 4 is 36.8 Å². The zero-order chi connectivity index (χ0) is 6.10. The molecular formula is C7H6ClNSe. The van der Waals surface area contributed by atoms with Crippen LogP contribution in [0.1, 0.15) is 0 Å². The first-order valence-corrected chi connectivity index (χ1v) is 4.38. The summed E-state index contributed by atoms with van der Waals surface area (Å²) in [5.41, 5.74) is 0. The SMILES string of the molecule is Cl.c1ccc2[se]ncc2c1. The van der Waals surface area contributed by atoms with E-state index in [2.05, 4.69) is 22.2 Å². The first kappa shape index (κ1) is 7.80. The van der Waals surface area contributed by atoms with Gasteiger partial charge in [0.25, 0.3) is 0 Å². The molecule has 0 unspecified atom stereocenters. The standard InChI is InChI=1S/C7H5NSe.ClH/c1-2-4-7-6(3-1)5-8-9-7;/h1-5H;1H. The molecule has 0 atom stereocenters. The predicted octanol–water partition coefficient (Wildman–Crippen LogP) is 1.71. The Balaban J connectivity index is 0.000000500. The van der Waals surface area contributed by atoms with Crippen molar-refractivity contribution in [1.82, 2.24) is 3.98 Å². The summed E-state index contributed by atoms with van der Waals surface area (Å²) in [6.45, 7) is 0. The molecule has 3 heteroatoms. The van der Waals surface area contributed by atoms with Crippen LogP contribution in [0.3, 0.4) is 0 Å². The van der Waals surface area contributed by atoms with E-state index in [4.69, 9.17) is 0 Å². The molecule has 0 aliphatic heterocycles. The summed E-state index contributed by atoms with van der Waals surface area (Å²) < 4.78 is 5.60. The van der Waals surface area contributed by atoms with Crippen LogP contribution in [0.2, 0.25) is 0 Å².